The standard InChI is InChI=1S/C14H21FN2O2S/c15-13-6-3-4-11(8-13)10-20(18,19)17-14-7-2-1-5-12(14)9-16/h3-4,6,8,12,14,17H,1-2,5,7,9-10,16H2/t12-,14-/m1/s1. The molecule has 1 saturated carbocycles. The van der Waals surface area contributed by atoms with Crippen LogP contribution in [0.3, 0.4) is 0 Å². The van der Waals surface area contributed by atoms with E-state index in [1.54, 1.807) is 6.07 Å². The highest BCUT2D eigenvalue weighted by atomic mass is 32.2. The molecule has 0 radical (unpaired) electrons. The summed E-state index contributed by atoms with van der Waals surface area (Å²) in [7, 11) is -3.47. The first-order chi connectivity index (χ1) is 9.50. The summed E-state index contributed by atoms with van der Waals surface area (Å²) in [5, 5.41) is 0. The Labute approximate surface area is 119 Å². The molecule has 0 heterocycles. The van der Waals surface area contributed by atoms with Crippen LogP contribution in [0.5, 0.6) is 0 Å². The molecule has 3 N–H and O–H groups in total. The lowest BCUT2D eigenvalue weighted by molar-refractivity contribution is 0.296. The highest BCUT2D eigenvalue weighted by Gasteiger charge is 2.27. The second-order valence-electron chi connectivity index (χ2n) is 5.39. The summed E-state index contributed by atoms with van der Waals surface area (Å²) in [5.74, 6) is -0.417. The van der Waals surface area contributed by atoms with Gasteiger partial charge in [0.25, 0.3) is 0 Å². The third-order valence-electron chi connectivity index (χ3n) is 3.79. The number of rotatable bonds is 5. The summed E-state index contributed by atoms with van der Waals surface area (Å²) in [6.45, 7) is 0.493. The lowest BCUT2D eigenvalue weighted by Gasteiger charge is -2.31. The molecule has 2 rings (SSSR count). The van der Waals surface area contributed by atoms with Gasteiger partial charge in [-0.25, -0.2) is 17.5 Å². The number of halogens is 1. The highest BCUT2D eigenvalue weighted by Crippen LogP contribution is 2.24. The largest absolute Gasteiger partial charge is 0.330 e. The van der Waals surface area contributed by atoms with Gasteiger partial charge in [0, 0.05) is 6.04 Å². The minimum atomic E-state index is -3.47. The van der Waals surface area contributed by atoms with Crippen LogP contribution in [0.25, 0.3) is 0 Å². The van der Waals surface area contributed by atoms with E-state index in [0.717, 1.165) is 25.7 Å². The second-order valence-corrected chi connectivity index (χ2v) is 7.15. The predicted molar refractivity (Wildman–Crippen MR) is 77.0 cm³/mol. The number of sulfonamides is 1. The van der Waals surface area contributed by atoms with Crippen LogP contribution in [0.4, 0.5) is 4.39 Å². The van der Waals surface area contributed by atoms with Crippen LogP contribution >= 0.6 is 0 Å². The number of hydrogen-bond acceptors (Lipinski definition) is 3. The van der Waals surface area contributed by atoms with Crippen molar-refractivity contribution < 1.29 is 12.8 Å². The normalized spacial score (nSPS) is 23.7. The molecular formula is C14H21FN2O2S. The van der Waals surface area contributed by atoms with Crippen molar-refractivity contribution >= 4 is 10.0 Å². The summed E-state index contributed by atoms with van der Waals surface area (Å²) < 4.78 is 40.2. The molecule has 20 heavy (non-hydrogen) atoms. The molecule has 6 heteroatoms. The zero-order chi connectivity index (χ0) is 14.6. The first-order valence-electron chi connectivity index (χ1n) is 6.95. The van der Waals surface area contributed by atoms with Crippen molar-refractivity contribution in [2.24, 2.45) is 11.7 Å². The molecule has 2 atom stereocenters. The Morgan fingerprint density at radius 3 is 2.75 bits per heavy atom. The summed E-state index contributed by atoms with van der Waals surface area (Å²) in [4.78, 5) is 0. The van der Waals surface area contributed by atoms with Crippen molar-refractivity contribution in [3.8, 4) is 0 Å². The van der Waals surface area contributed by atoms with Crippen LogP contribution in [-0.2, 0) is 15.8 Å². The fourth-order valence-corrected chi connectivity index (χ4v) is 4.24. The van der Waals surface area contributed by atoms with Crippen LogP contribution in [0.15, 0.2) is 24.3 Å². The third kappa shape index (κ3) is 4.26. The SMILES string of the molecule is NC[C@H]1CCCC[C@H]1NS(=O)(=O)Cc1cccc(F)c1. The van der Waals surface area contributed by atoms with Gasteiger partial charge >= 0.3 is 0 Å². The summed E-state index contributed by atoms with van der Waals surface area (Å²) >= 11 is 0. The molecule has 0 saturated heterocycles. The van der Waals surface area contributed by atoms with Gasteiger partial charge < -0.3 is 5.73 Å². The Morgan fingerprint density at radius 2 is 2.05 bits per heavy atom. The first kappa shape index (κ1) is 15.4. The van der Waals surface area contributed by atoms with Gasteiger partial charge in [0.15, 0.2) is 0 Å². The predicted octanol–water partition coefficient (Wildman–Crippen LogP) is 1.76. The summed E-state index contributed by atoms with van der Waals surface area (Å²) in [5.41, 5.74) is 6.16. The molecule has 0 aliphatic heterocycles. The van der Waals surface area contributed by atoms with E-state index in [1.165, 1.54) is 18.2 Å². The average molecular weight is 300 g/mol. The fraction of sp³-hybridized carbons (Fsp3) is 0.571. The van der Waals surface area contributed by atoms with Crippen molar-refractivity contribution in [2.75, 3.05) is 6.54 Å². The fourth-order valence-electron chi connectivity index (χ4n) is 2.76. The molecule has 1 aromatic carbocycles. The number of nitrogens with one attached hydrogen (secondary N) is 1. The Balaban J connectivity index is 2.03. The van der Waals surface area contributed by atoms with Crippen molar-refractivity contribution in [1.29, 1.82) is 0 Å². The Hall–Kier alpha value is -0.980. The van der Waals surface area contributed by atoms with Gasteiger partial charge in [0.2, 0.25) is 10.0 Å². The van der Waals surface area contributed by atoms with Crippen LogP contribution < -0.4 is 10.5 Å². The lowest BCUT2D eigenvalue weighted by atomic mass is 9.85. The lowest BCUT2D eigenvalue weighted by Crippen LogP contribution is -2.45. The van der Waals surface area contributed by atoms with Crippen molar-refractivity contribution in [3.63, 3.8) is 0 Å². The van der Waals surface area contributed by atoms with Gasteiger partial charge in [0.05, 0.1) is 5.75 Å². The molecular weight excluding hydrogens is 279 g/mol. The van der Waals surface area contributed by atoms with E-state index >= 15 is 0 Å². The van der Waals surface area contributed by atoms with Gasteiger partial charge in [-0.1, -0.05) is 25.0 Å². The van der Waals surface area contributed by atoms with E-state index in [-0.39, 0.29) is 17.7 Å². The van der Waals surface area contributed by atoms with Crippen LogP contribution in [0.1, 0.15) is 31.2 Å². The van der Waals surface area contributed by atoms with Crippen LogP contribution in [0.2, 0.25) is 0 Å². The van der Waals surface area contributed by atoms with E-state index in [0.29, 0.717) is 12.1 Å². The van der Waals surface area contributed by atoms with Crippen LogP contribution in [-0.4, -0.2) is 21.0 Å². The number of benzene rings is 1. The molecule has 1 aliphatic carbocycles. The smallest absolute Gasteiger partial charge is 0.216 e. The minimum Gasteiger partial charge on any atom is -0.330 e. The highest BCUT2D eigenvalue weighted by molar-refractivity contribution is 7.88. The van der Waals surface area contributed by atoms with Crippen molar-refractivity contribution in [2.45, 2.75) is 37.5 Å². The maximum atomic E-state index is 13.1. The quantitative estimate of drug-likeness (QED) is 0.870. The zero-order valence-corrected chi connectivity index (χ0v) is 12.2. The molecule has 0 bridgehead atoms. The molecule has 0 amide bonds. The first-order valence-corrected chi connectivity index (χ1v) is 8.60. The molecule has 1 aromatic rings. The molecule has 112 valence electrons. The second kappa shape index (κ2) is 6.65. The van der Waals surface area contributed by atoms with Crippen molar-refractivity contribution in [3.05, 3.63) is 35.6 Å². The van der Waals surface area contributed by atoms with E-state index in [9.17, 15) is 12.8 Å². The van der Waals surface area contributed by atoms with Gasteiger partial charge in [0.1, 0.15) is 5.82 Å². The Bertz CT molecular complexity index is 548. The van der Waals surface area contributed by atoms with Crippen molar-refractivity contribution in [1.82, 2.24) is 4.72 Å². The Kier molecular flexibility index (Phi) is 5.12. The maximum absolute atomic E-state index is 13.1. The summed E-state index contributed by atoms with van der Waals surface area (Å²) in [6, 6.07) is 5.59. The summed E-state index contributed by atoms with van der Waals surface area (Å²) in [6.07, 6.45) is 3.90. The molecule has 1 aliphatic rings. The van der Waals surface area contributed by atoms with E-state index in [1.807, 2.05) is 0 Å². The van der Waals surface area contributed by atoms with Gasteiger partial charge in [-0.2, -0.15) is 0 Å². The number of hydrogen-bond donors (Lipinski definition) is 2. The molecule has 0 spiro atoms. The maximum Gasteiger partial charge on any atom is 0.216 e. The molecule has 0 aromatic heterocycles. The molecule has 0 unspecified atom stereocenters. The van der Waals surface area contributed by atoms with E-state index in [2.05, 4.69) is 4.72 Å². The van der Waals surface area contributed by atoms with Crippen LogP contribution in [0, 0.1) is 11.7 Å². The zero-order valence-electron chi connectivity index (χ0n) is 11.4. The monoisotopic (exact) mass is 300 g/mol. The topological polar surface area (TPSA) is 72.2 Å². The third-order valence-corrected chi connectivity index (χ3v) is 5.16. The molecule has 1 fully saturated rings. The minimum absolute atomic E-state index is 0.0905. The van der Waals surface area contributed by atoms with Gasteiger partial charge in [-0.05, 0) is 43.0 Å². The van der Waals surface area contributed by atoms with Gasteiger partial charge in [-0.15, -0.1) is 0 Å². The molecule has 4 nitrogen and oxygen atoms in total. The number of nitrogens with two attached hydrogens (primary N) is 1. The van der Waals surface area contributed by atoms with E-state index < -0.39 is 15.8 Å². The van der Waals surface area contributed by atoms with Gasteiger partial charge in [-0.3, -0.25) is 0 Å². The average Bonchev–Trinajstić information content (AvgIpc) is 2.38. The Morgan fingerprint density at radius 1 is 1.30 bits per heavy atom. The van der Waals surface area contributed by atoms with E-state index in [4.69, 9.17) is 5.73 Å².